The van der Waals surface area contributed by atoms with Crippen LogP contribution in [0.3, 0.4) is 0 Å². The highest BCUT2D eigenvalue weighted by Crippen LogP contribution is 2.40. The highest BCUT2D eigenvalue weighted by molar-refractivity contribution is 7.99. The van der Waals surface area contributed by atoms with Gasteiger partial charge in [0.05, 0.1) is 6.61 Å². The number of nitrogens with two attached hydrogens (primary N) is 1. The average molecular weight is 251 g/mol. The summed E-state index contributed by atoms with van der Waals surface area (Å²) < 4.78 is 5.55. The topological polar surface area (TPSA) is 35.2 Å². The molecule has 0 radical (unpaired) electrons. The van der Waals surface area contributed by atoms with Crippen LogP contribution in [0.5, 0.6) is 5.75 Å². The summed E-state index contributed by atoms with van der Waals surface area (Å²) in [6.07, 6.45) is 0. The first-order valence-electron chi connectivity index (χ1n) is 6.26. The van der Waals surface area contributed by atoms with Crippen molar-refractivity contribution in [1.82, 2.24) is 0 Å². The summed E-state index contributed by atoms with van der Waals surface area (Å²) >= 11 is 1.98. The van der Waals surface area contributed by atoms with Crippen molar-refractivity contribution in [2.45, 2.75) is 37.8 Å². The van der Waals surface area contributed by atoms with E-state index in [0.717, 1.165) is 11.5 Å². The molecule has 0 spiro atoms. The Hall–Kier alpha value is -0.670. The van der Waals surface area contributed by atoms with E-state index in [-0.39, 0.29) is 6.04 Å². The monoisotopic (exact) mass is 251 g/mol. The first-order chi connectivity index (χ1) is 8.13. The lowest BCUT2D eigenvalue weighted by Crippen LogP contribution is -2.32. The minimum atomic E-state index is 0.129. The zero-order valence-corrected chi connectivity index (χ0v) is 11.6. The van der Waals surface area contributed by atoms with Gasteiger partial charge in [0.15, 0.2) is 0 Å². The molecule has 0 bridgehead atoms. The Morgan fingerprint density at radius 1 is 1.47 bits per heavy atom. The fraction of sp³-hybridized carbons (Fsp3) is 0.571. The van der Waals surface area contributed by atoms with Crippen molar-refractivity contribution in [3.8, 4) is 5.75 Å². The Kier molecular flexibility index (Phi) is 4.00. The van der Waals surface area contributed by atoms with Crippen molar-refractivity contribution in [1.29, 1.82) is 0 Å². The van der Waals surface area contributed by atoms with Gasteiger partial charge in [0.2, 0.25) is 0 Å². The lowest BCUT2D eigenvalue weighted by molar-refractivity contribution is 0.339. The number of hydrogen-bond acceptors (Lipinski definition) is 3. The molecule has 1 aromatic carbocycles. The molecule has 0 saturated heterocycles. The predicted molar refractivity (Wildman–Crippen MR) is 74.5 cm³/mol. The zero-order valence-electron chi connectivity index (χ0n) is 10.8. The van der Waals surface area contributed by atoms with Crippen LogP contribution in [0.25, 0.3) is 0 Å². The SMILES string of the molecule is CCOc1ccc2c(c1)C(N)C(C(C)C)SC2. The van der Waals surface area contributed by atoms with Crippen LogP contribution in [0.2, 0.25) is 0 Å². The molecule has 2 unspecified atom stereocenters. The summed E-state index contributed by atoms with van der Waals surface area (Å²) in [7, 11) is 0. The summed E-state index contributed by atoms with van der Waals surface area (Å²) in [5.41, 5.74) is 9.02. The second kappa shape index (κ2) is 5.32. The largest absolute Gasteiger partial charge is 0.494 e. The number of ether oxygens (including phenoxy) is 1. The minimum Gasteiger partial charge on any atom is -0.494 e. The first-order valence-corrected chi connectivity index (χ1v) is 7.31. The second-order valence-electron chi connectivity index (χ2n) is 4.84. The third-order valence-corrected chi connectivity index (χ3v) is 4.93. The Labute approximate surface area is 108 Å². The smallest absolute Gasteiger partial charge is 0.119 e. The van der Waals surface area contributed by atoms with Crippen LogP contribution in [-0.4, -0.2) is 11.9 Å². The van der Waals surface area contributed by atoms with Gasteiger partial charge in [-0.05, 0) is 36.1 Å². The normalized spacial score (nSPS) is 23.6. The Balaban J connectivity index is 2.29. The molecule has 17 heavy (non-hydrogen) atoms. The molecule has 0 fully saturated rings. The summed E-state index contributed by atoms with van der Waals surface area (Å²) in [6.45, 7) is 7.20. The molecule has 1 heterocycles. The van der Waals surface area contributed by atoms with Crippen LogP contribution in [0.4, 0.5) is 0 Å². The standard InChI is InChI=1S/C14H21NOS/c1-4-16-11-6-5-10-8-17-14(9(2)3)13(15)12(10)7-11/h5-7,9,13-14H,4,8,15H2,1-3H3. The molecule has 0 aliphatic carbocycles. The van der Waals surface area contributed by atoms with Crippen molar-refractivity contribution in [3.05, 3.63) is 29.3 Å². The molecule has 3 heteroatoms. The lowest BCUT2D eigenvalue weighted by atomic mass is 9.93. The van der Waals surface area contributed by atoms with Crippen molar-refractivity contribution in [3.63, 3.8) is 0 Å². The molecule has 0 amide bonds. The van der Waals surface area contributed by atoms with E-state index in [2.05, 4.69) is 26.0 Å². The fourth-order valence-electron chi connectivity index (χ4n) is 2.34. The zero-order chi connectivity index (χ0) is 12.4. The summed E-state index contributed by atoms with van der Waals surface area (Å²) in [5.74, 6) is 2.62. The van der Waals surface area contributed by atoms with E-state index in [1.54, 1.807) is 0 Å². The van der Waals surface area contributed by atoms with Crippen LogP contribution in [0, 0.1) is 5.92 Å². The molecular weight excluding hydrogens is 230 g/mol. The van der Waals surface area contributed by atoms with Gasteiger partial charge in [0, 0.05) is 17.0 Å². The van der Waals surface area contributed by atoms with E-state index in [9.17, 15) is 0 Å². The summed E-state index contributed by atoms with van der Waals surface area (Å²) in [4.78, 5) is 0. The van der Waals surface area contributed by atoms with Gasteiger partial charge in [-0.2, -0.15) is 11.8 Å². The van der Waals surface area contributed by atoms with E-state index in [4.69, 9.17) is 10.5 Å². The van der Waals surface area contributed by atoms with Gasteiger partial charge in [-0.1, -0.05) is 19.9 Å². The molecule has 94 valence electrons. The minimum absolute atomic E-state index is 0.129. The molecule has 0 saturated carbocycles. The quantitative estimate of drug-likeness (QED) is 0.894. The van der Waals surface area contributed by atoms with Gasteiger partial charge in [-0.3, -0.25) is 0 Å². The van der Waals surface area contributed by atoms with Crippen molar-refractivity contribution in [2.75, 3.05) is 6.61 Å². The Morgan fingerprint density at radius 3 is 2.88 bits per heavy atom. The molecule has 2 nitrogen and oxygen atoms in total. The predicted octanol–water partition coefficient (Wildman–Crippen LogP) is 3.36. The second-order valence-corrected chi connectivity index (χ2v) is 6.01. The number of thioether (sulfide) groups is 1. The van der Waals surface area contributed by atoms with E-state index in [1.165, 1.54) is 11.1 Å². The van der Waals surface area contributed by atoms with Gasteiger partial charge in [-0.25, -0.2) is 0 Å². The van der Waals surface area contributed by atoms with Gasteiger partial charge in [0.25, 0.3) is 0 Å². The fourth-order valence-corrected chi connectivity index (χ4v) is 3.72. The third kappa shape index (κ3) is 2.61. The van der Waals surface area contributed by atoms with E-state index < -0.39 is 0 Å². The van der Waals surface area contributed by atoms with E-state index in [0.29, 0.717) is 17.8 Å². The maximum atomic E-state index is 6.38. The molecule has 1 aliphatic rings. The van der Waals surface area contributed by atoms with Gasteiger partial charge in [-0.15, -0.1) is 0 Å². The molecule has 1 aromatic rings. The molecular formula is C14H21NOS. The van der Waals surface area contributed by atoms with Crippen molar-refractivity contribution < 1.29 is 4.74 Å². The lowest BCUT2D eigenvalue weighted by Gasteiger charge is -2.33. The van der Waals surface area contributed by atoms with Gasteiger partial charge in [0.1, 0.15) is 5.75 Å². The molecule has 2 N–H and O–H groups in total. The van der Waals surface area contributed by atoms with Crippen LogP contribution in [0.1, 0.15) is 37.9 Å². The average Bonchev–Trinajstić information content (AvgIpc) is 2.30. The number of hydrogen-bond donors (Lipinski definition) is 1. The number of rotatable bonds is 3. The maximum absolute atomic E-state index is 6.38. The van der Waals surface area contributed by atoms with Gasteiger partial charge >= 0.3 is 0 Å². The van der Waals surface area contributed by atoms with E-state index in [1.807, 2.05) is 24.8 Å². The third-order valence-electron chi connectivity index (χ3n) is 3.23. The Morgan fingerprint density at radius 2 is 2.24 bits per heavy atom. The first kappa shape index (κ1) is 12.8. The van der Waals surface area contributed by atoms with E-state index >= 15 is 0 Å². The van der Waals surface area contributed by atoms with Crippen LogP contribution >= 0.6 is 11.8 Å². The summed E-state index contributed by atoms with van der Waals surface area (Å²) in [6, 6.07) is 6.46. The highest BCUT2D eigenvalue weighted by Gasteiger charge is 2.29. The Bertz CT molecular complexity index is 392. The number of fused-ring (bicyclic) bond motifs is 1. The van der Waals surface area contributed by atoms with Crippen molar-refractivity contribution in [2.24, 2.45) is 11.7 Å². The molecule has 1 aliphatic heterocycles. The van der Waals surface area contributed by atoms with Crippen molar-refractivity contribution >= 4 is 11.8 Å². The maximum Gasteiger partial charge on any atom is 0.119 e. The van der Waals surface area contributed by atoms with Crippen LogP contribution in [0.15, 0.2) is 18.2 Å². The molecule has 0 aromatic heterocycles. The van der Waals surface area contributed by atoms with Crippen LogP contribution in [-0.2, 0) is 5.75 Å². The highest BCUT2D eigenvalue weighted by atomic mass is 32.2. The molecule has 2 rings (SSSR count). The van der Waals surface area contributed by atoms with Gasteiger partial charge < -0.3 is 10.5 Å². The number of benzene rings is 1. The molecule has 2 atom stereocenters. The van der Waals surface area contributed by atoms with Crippen LogP contribution < -0.4 is 10.5 Å². The summed E-state index contributed by atoms with van der Waals surface area (Å²) in [5, 5.41) is 0.513.